The molecule has 4 heteroatoms. The molecule has 2 N–H and O–H groups in total. The van der Waals surface area contributed by atoms with Gasteiger partial charge in [0, 0.05) is 24.7 Å². The van der Waals surface area contributed by atoms with Crippen molar-refractivity contribution in [3.63, 3.8) is 0 Å². The van der Waals surface area contributed by atoms with Gasteiger partial charge < -0.3 is 10.2 Å². The molecule has 2 aliphatic rings. The summed E-state index contributed by atoms with van der Waals surface area (Å²) in [5.74, 6) is 1.01. The second kappa shape index (κ2) is 11.8. The Bertz CT molecular complexity index is 405. The van der Waals surface area contributed by atoms with Gasteiger partial charge in [0.05, 0.1) is 12.2 Å². The second-order valence-corrected chi connectivity index (χ2v) is 8.07. The normalized spacial score (nSPS) is 30.0. The maximum Gasteiger partial charge on any atom is 0.138 e. The van der Waals surface area contributed by atoms with E-state index in [0.717, 1.165) is 57.8 Å². The first-order valence-corrected chi connectivity index (χ1v) is 10.3. The van der Waals surface area contributed by atoms with Crippen molar-refractivity contribution >= 4 is 11.6 Å². The van der Waals surface area contributed by atoms with Gasteiger partial charge in [-0.3, -0.25) is 9.59 Å². The van der Waals surface area contributed by atoms with Crippen molar-refractivity contribution in [2.24, 2.45) is 17.8 Å². The molecule has 0 aromatic carbocycles. The Morgan fingerprint density at radius 1 is 1.00 bits per heavy atom. The van der Waals surface area contributed by atoms with Gasteiger partial charge >= 0.3 is 0 Å². The number of unbranched alkanes of at least 4 members (excludes halogenated alkanes) is 1. The number of ketones is 2. The molecule has 0 amide bonds. The van der Waals surface area contributed by atoms with Crippen LogP contribution in [-0.4, -0.2) is 34.0 Å². The molecule has 2 saturated carbocycles. The Morgan fingerprint density at radius 2 is 1.68 bits per heavy atom. The Kier molecular flexibility index (Phi) is 10.5. The molecule has 0 heterocycles. The van der Waals surface area contributed by atoms with Crippen LogP contribution in [-0.2, 0) is 9.59 Å². The minimum Gasteiger partial charge on any atom is -0.393 e. The van der Waals surface area contributed by atoms with E-state index in [0.29, 0.717) is 18.8 Å². The molecule has 0 aromatic heterocycles. The van der Waals surface area contributed by atoms with Crippen molar-refractivity contribution in [1.29, 1.82) is 0 Å². The van der Waals surface area contributed by atoms with Gasteiger partial charge in [0.25, 0.3) is 0 Å². The molecule has 0 spiro atoms. The van der Waals surface area contributed by atoms with Crippen LogP contribution >= 0.6 is 0 Å². The van der Waals surface area contributed by atoms with E-state index in [9.17, 15) is 19.8 Å². The van der Waals surface area contributed by atoms with E-state index in [1.54, 1.807) is 6.92 Å². The highest BCUT2D eigenvalue weighted by Crippen LogP contribution is 2.29. The highest BCUT2D eigenvalue weighted by Gasteiger charge is 2.31. The molecule has 146 valence electrons. The highest BCUT2D eigenvalue weighted by atomic mass is 16.3. The fourth-order valence-electron chi connectivity index (χ4n) is 3.94. The number of rotatable bonds is 5. The van der Waals surface area contributed by atoms with Crippen molar-refractivity contribution in [3.05, 3.63) is 0 Å². The summed E-state index contributed by atoms with van der Waals surface area (Å²) >= 11 is 0. The van der Waals surface area contributed by atoms with Gasteiger partial charge in [-0.15, -0.1) is 0 Å². The van der Waals surface area contributed by atoms with Crippen LogP contribution in [0.4, 0.5) is 0 Å². The Hall–Kier alpha value is -0.740. The van der Waals surface area contributed by atoms with E-state index in [1.165, 1.54) is 0 Å². The summed E-state index contributed by atoms with van der Waals surface area (Å²) < 4.78 is 0. The lowest BCUT2D eigenvalue weighted by molar-refractivity contribution is -0.130. The lowest BCUT2D eigenvalue weighted by Crippen LogP contribution is -2.33. The molecule has 2 aliphatic carbocycles. The molecule has 0 aliphatic heterocycles. The molecule has 0 bridgehead atoms. The molecule has 5 atom stereocenters. The number of carbonyl (C=O) groups is 2. The second-order valence-electron chi connectivity index (χ2n) is 8.07. The van der Waals surface area contributed by atoms with Gasteiger partial charge in [-0.25, -0.2) is 0 Å². The first-order chi connectivity index (χ1) is 11.9. The summed E-state index contributed by atoms with van der Waals surface area (Å²) in [4.78, 5) is 22.9. The Morgan fingerprint density at radius 3 is 2.32 bits per heavy atom. The van der Waals surface area contributed by atoms with Crippen molar-refractivity contribution < 1.29 is 19.8 Å². The summed E-state index contributed by atoms with van der Waals surface area (Å²) in [6, 6.07) is 0. The summed E-state index contributed by atoms with van der Waals surface area (Å²) in [6.07, 6.45) is 9.48. The predicted molar refractivity (Wildman–Crippen MR) is 100 cm³/mol. The quantitative estimate of drug-likeness (QED) is 0.730. The van der Waals surface area contributed by atoms with Crippen molar-refractivity contribution in [2.75, 3.05) is 0 Å². The third-order valence-corrected chi connectivity index (χ3v) is 5.71. The van der Waals surface area contributed by atoms with Gasteiger partial charge in [0.1, 0.15) is 11.6 Å². The van der Waals surface area contributed by atoms with Crippen LogP contribution in [0.25, 0.3) is 0 Å². The van der Waals surface area contributed by atoms with Crippen LogP contribution in [0, 0.1) is 17.8 Å². The number of aliphatic hydroxyl groups excluding tert-OH is 2. The van der Waals surface area contributed by atoms with Crippen LogP contribution in [0.3, 0.4) is 0 Å². The number of Topliss-reactive ketones (excluding diaryl/α,β-unsaturated/α-hetero) is 2. The van der Waals surface area contributed by atoms with Crippen LogP contribution < -0.4 is 0 Å². The maximum absolute atomic E-state index is 11.6. The fourth-order valence-corrected chi connectivity index (χ4v) is 3.94. The monoisotopic (exact) mass is 354 g/mol. The summed E-state index contributed by atoms with van der Waals surface area (Å²) in [5.41, 5.74) is 0. The Balaban J connectivity index is 0.000000257. The summed E-state index contributed by atoms with van der Waals surface area (Å²) in [7, 11) is 0. The van der Waals surface area contributed by atoms with Gasteiger partial charge in [0.15, 0.2) is 0 Å². The van der Waals surface area contributed by atoms with Crippen LogP contribution in [0.5, 0.6) is 0 Å². The first-order valence-electron chi connectivity index (χ1n) is 10.3. The maximum atomic E-state index is 11.6. The smallest absolute Gasteiger partial charge is 0.138 e. The molecule has 0 aromatic rings. The number of carbonyl (C=O) groups excluding carboxylic acids is 2. The lowest BCUT2D eigenvalue weighted by Gasteiger charge is -2.29. The molecule has 2 rings (SSSR count). The number of hydrogen-bond acceptors (Lipinski definition) is 4. The largest absolute Gasteiger partial charge is 0.393 e. The molecule has 5 unspecified atom stereocenters. The zero-order chi connectivity index (χ0) is 18.8. The zero-order valence-corrected chi connectivity index (χ0v) is 16.4. The zero-order valence-electron chi connectivity index (χ0n) is 16.4. The number of aliphatic hydroxyl groups is 2. The predicted octanol–water partition coefficient (Wildman–Crippen LogP) is 4.06. The third-order valence-electron chi connectivity index (χ3n) is 5.71. The van der Waals surface area contributed by atoms with Crippen molar-refractivity contribution in [1.82, 2.24) is 0 Å². The minimum absolute atomic E-state index is 0.0645. The molecule has 25 heavy (non-hydrogen) atoms. The van der Waals surface area contributed by atoms with Gasteiger partial charge in [-0.05, 0) is 44.9 Å². The van der Waals surface area contributed by atoms with Gasteiger partial charge in [-0.1, -0.05) is 39.5 Å². The molecule has 0 saturated heterocycles. The standard InChI is InChI=1S/C12H22O2.C9H16O2/c1-3-4-5-11(13)10-8-9(2)6-7-12(10)14;1-7(10)8-5-3-2-4-6-9(8)11/h9-11,13H,3-8H2,1-2H3;7-8,10H,2-6H2,1H3. The lowest BCUT2D eigenvalue weighted by atomic mass is 9.77. The van der Waals surface area contributed by atoms with Crippen LogP contribution in [0.2, 0.25) is 0 Å². The number of hydrogen-bond donors (Lipinski definition) is 2. The topological polar surface area (TPSA) is 74.6 Å². The van der Waals surface area contributed by atoms with Crippen LogP contribution in [0.15, 0.2) is 0 Å². The van der Waals surface area contributed by atoms with E-state index in [2.05, 4.69) is 13.8 Å². The molecule has 4 nitrogen and oxygen atoms in total. The van der Waals surface area contributed by atoms with Crippen LogP contribution in [0.1, 0.15) is 91.4 Å². The fraction of sp³-hybridized carbons (Fsp3) is 0.905. The molecule has 2 fully saturated rings. The first kappa shape index (κ1) is 22.3. The Labute approximate surface area is 153 Å². The highest BCUT2D eigenvalue weighted by molar-refractivity contribution is 5.82. The van der Waals surface area contributed by atoms with Gasteiger partial charge in [-0.2, -0.15) is 0 Å². The average molecular weight is 355 g/mol. The van der Waals surface area contributed by atoms with E-state index < -0.39 is 6.10 Å². The summed E-state index contributed by atoms with van der Waals surface area (Å²) in [5, 5.41) is 19.1. The summed E-state index contributed by atoms with van der Waals surface area (Å²) in [6.45, 7) is 6.00. The van der Waals surface area contributed by atoms with E-state index >= 15 is 0 Å². The molecular formula is C21H38O4. The van der Waals surface area contributed by atoms with E-state index in [-0.39, 0.29) is 29.5 Å². The van der Waals surface area contributed by atoms with Crippen molar-refractivity contribution in [2.45, 2.75) is 104 Å². The van der Waals surface area contributed by atoms with E-state index in [4.69, 9.17) is 0 Å². The third kappa shape index (κ3) is 8.00. The SMILES string of the molecule is CC(O)C1CCCCCC1=O.CCCCC(O)C1CC(C)CCC1=O. The van der Waals surface area contributed by atoms with Crippen molar-refractivity contribution in [3.8, 4) is 0 Å². The average Bonchev–Trinajstić information content (AvgIpc) is 2.80. The minimum atomic E-state index is -0.444. The van der Waals surface area contributed by atoms with Gasteiger partial charge in [0.2, 0.25) is 0 Å². The molecule has 0 radical (unpaired) electrons. The van der Waals surface area contributed by atoms with E-state index in [1.807, 2.05) is 0 Å². The molecular weight excluding hydrogens is 316 g/mol.